The number of imidazole rings is 1. The highest BCUT2D eigenvalue weighted by Gasteiger charge is 2.37. The number of carbonyl (C=O) groups excluding carboxylic acids is 3. The van der Waals surface area contributed by atoms with Crippen LogP contribution in [0.5, 0.6) is 0 Å². The second-order valence-corrected chi connectivity index (χ2v) is 8.70. The Morgan fingerprint density at radius 3 is 2.37 bits per heavy atom. The van der Waals surface area contributed by atoms with Crippen molar-refractivity contribution < 1.29 is 14.4 Å². The van der Waals surface area contributed by atoms with E-state index in [1.807, 2.05) is 12.1 Å². The van der Waals surface area contributed by atoms with Crippen LogP contribution in [0.3, 0.4) is 0 Å². The maximum Gasteiger partial charge on any atom is 0.328 e. The topological polar surface area (TPSA) is 84.6 Å². The molecule has 0 N–H and O–H groups in total. The largest absolute Gasteiger partial charge is 0.341 e. The molecule has 0 unspecified atom stereocenters. The molecule has 3 amide bonds. The van der Waals surface area contributed by atoms with Crippen molar-refractivity contribution in [3.63, 3.8) is 0 Å². The molecule has 9 heteroatoms. The molecule has 2 aliphatic heterocycles. The van der Waals surface area contributed by atoms with E-state index in [-0.39, 0.29) is 23.0 Å². The molecule has 0 atom stereocenters. The molecule has 4 rings (SSSR count). The Balaban J connectivity index is 1.54. The van der Waals surface area contributed by atoms with Crippen LogP contribution in [0, 0.1) is 0 Å². The van der Waals surface area contributed by atoms with Crippen LogP contribution in [-0.4, -0.2) is 55.6 Å². The van der Waals surface area contributed by atoms with Crippen LogP contribution in [0.4, 0.5) is 4.79 Å². The van der Waals surface area contributed by atoms with Gasteiger partial charge in [-0.15, -0.1) is 0 Å². The van der Waals surface area contributed by atoms with E-state index in [1.165, 1.54) is 4.57 Å². The summed E-state index contributed by atoms with van der Waals surface area (Å²) in [7, 11) is 3.40. The lowest BCUT2D eigenvalue weighted by Crippen LogP contribution is -2.42. The lowest BCUT2D eigenvalue weighted by molar-refractivity contribution is -0.135. The van der Waals surface area contributed by atoms with Gasteiger partial charge in [0.25, 0.3) is 11.1 Å². The lowest BCUT2D eigenvalue weighted by Gasteiger charge is -2.22. The second kappa shape index (κ2) is 8.14. The molecular weight excluding hydrogens is 404 g/mol. The monoisotopic (exact) mass is 428 g/mol. The molecular formula is C21H24N4O4S. The average Bonchev–Trinajstić information content (AvgIpc) is 3.01. The molecule has 2 aliphatic rings. The van der Waals surface area contributed by atoms with Crippen LogP contribution in [0.1, 0.15) is 31.2 Å². The molecule has 3 heterocycles. The van der Waals surface area contributed by atoms with Crippen molar-refractivity contribution in [1.29, 1.82) is 0 Å². The van der Waals surface area contributed by atoms with E-state index in [0.29, 0.717) is 18.7 Å². The van der Waals surface area contributed by atoms with Gasteiger partial charge in [0, 0.05) is 27.2 Å². The maximum atomic E-state index is 12.8. The highest BCUT2D eigenvalue weighted by atomic mass is 32.2. The van der Waals surface area contributed by atoms with Gasteiger partial charge in [-0.1, -0.05) is 18.9 Å². The fourth-order valence-electron chi connectivity index (χ4n) is 3.96. The molecule has 158 valence electrons. The van der Waals surface area contributed by atoms with E-state index >= 15 is 0 Å². The van der Waals surface area contributed by atoms with Crippen LogP contribution in [0.15, 0.2) is 27.9 Å². The molecule has 0 bridgehead atoms. The minimum Gasteiger partial charge on any atom is -0.341 e. The number of hydrogen-bond donors (Lipinski definition) is 0. The van der Waals surface area contributed by atoms with Crippen molar-refractivity contribution in [1.82, 2.24) is 18.9 Å². The molecule has 2 fully saturated rings. The van der Waals surface area contributed by atoms with Gasteiger partial charge in [-0.05, 0) is 48.4 Å². The molecule has 0 radical (unpaired) electrons. The third-order valence-corrected chi connectivity index (χ3v) is 6.63. The smallest absolute Gasteiger partial charge is 0.328 e. The number of benzene rings is 1. The van der Waals surface area contributed by atoms with Crippen molar-refractivity contribution in [2.24, 2.45) is 14.1 Å². The molecule has 1 aromatic carbocycles. The summed E-state index contributed by atoms with van der Waals surface area (Å²) in [5.74, 6) is -0.628. The summed E-state index contributed by atoms with van der Waals surface area (Å²) in [6.07, 6.45) is 5.76. The minimum atomic E-state index is -0.449. The Morgan fingerprint density at radius 2 is 1.67 bits per heavy atom. The summed E-state index contributed by atoms with van der Waals surface area (Å²) in [6, 6.07) is 5.43. The Bertz CT molecular complexity index is 1120. The van der Waals surface area contributed by atoms with Gasteiger partial charge in [0.15, 0.2) is 0 Å². The van der Waals surface area contributed by atoms with E-state index < -0.39 is 11.1 Å². The van der Waals surface area contributed by atoms with Gasteiger partial charge in [-0.25, -0.2) is 4.79 Å². The van der Waals surface area contributed by atoms with Crippen LogP contribution in [-0.2, 0) is 23.7 Å². The number of aromatic nitrogens is 2. The highest BCUT2D eigenvalue weighted by Crippen LogP contribution is 2.32. The maximum absolute atomic E-state index is 12.8. The zero-order valence-corrected chi connectivity index (χ0v) is 17.9. The number of fused-ring (bicyclic) bond motifs is 1. The van der Waals surface area contributed by atoms with E-state index in [2.05, 4.69) is 0 Å². The van der Waals surface area contributed by atoms with E-state index in [9.17, 15) is 19.2 Å². The average molecular weight is 429 g/mol. The fourth-order valence-corrected chi connectivity index (χ4v) is 4.79. The van der Waals surface area contributed by atoms with Gasteiger partial charge in [-0.2, -0.15) is 0 Å². The fraction of sp³-hybridized carbons (Fsp3) is 0.429. The van der Waals surface area contributed by atoms with Crippen LogP contribution < -0.4 is 5.69 Å². The van der Waals surface area contributed by atoms with Crippen LogP contribution in [0.2, 0.25) is 0 Å². The van der Waals surface area contributed by atoms with Crippen molar-refractivity contribution in [3.8, 4) is 0 Å². The molecule has 0 saturated carbocycles. The van der Waals surface area contributed by atoms with Gasteiger partial charge in [0.1, 0.15) is 6.54 Å². The first-order valence-corrected chi connectivity index (χ1v) is 10.9. The van der Waals surface area contributed by atoms with Gasteiger partial charge in [0.05, 0.1) is 15.9 Å². The summed E-state index contributed by atoms with van der Waals surface area (Å²) in [4.78, 5) is 52.9. The number of aryl methyl sites for hydroxylation is 2. The highest BCUT2D eigenvalue weighted by molar-refractivity contribution is 8.18. The predicted molar refractivity (Wildman–Crippen MR) is 116 cm³/mol. The Hall–Kier alpha value is -2.81. The van der Waals surface area contributed by atoms with Gasteiger partial charge in [-0.3, -0.25) is 28.4 Å². The molecule has 2 aromatic rings. The van der Waals surface area contributed by atoms with Crippen molar-refractivity contribution in [3.05, 3.63) is 39.2 Å². The number of carbonyl (C=O) groups is 3. The quantitative estimate of drug-likeness (QED) is 0.701. The lowest BCUT2D eigenvalue weighted by atomic mass is 10.2. The van der Waals surface area contributed by atoms with Crippen LogP contribution in [0.25, 0.3) is 17.1 Å². The first-order chi connectivity index (χ1) is 14.4. The van der Waals surface area contributed by atoms with E-state index in [0.717, 1.165) is 53.4 Å². The molecule has 2 saturated heterocycles. The number of thioether (sulfide) groups is 1. The third-order valence-electron chi connectivity index (χ3n) is 5.72. The normalized spacial score (nSPS) is 19.2. The van der Waals surface area contributed by atoms with Gasteiger partial charge >= 0.3 is 5.69 Å². The van der Waals surface area contributed by atoms with Crippen LogP contribution >= 0.6 is 11.8 Å². The summed E-state index contributed by atoms with van der Waals surface area (Å²) in [5, 5.41) is -0.428. The number of likely N-dealkylation sites (tertiary alicyclic amines) is 1. The molecule has 30 heavy (non-hydrogen) atoms. The molecule has 0 aliphatic carbocycles. The van der Waals surface area contributed by atoms with Crippen molar-refractivity contribution >= 4 is 45.9 Å². The summed E-state index contributed by atoms with van der Waals surface area (Å²) in [5.41, 5.74) is 2.12. The Morgan fingerprint density at radius 1 is 1.00 bits per heavy atom. The number of rotatable bonds is 3. The molecule has 0 spiro atoms. The first kappa shape index (κ1) is 20.5. The van der Waals surface area contributed by atoms with Crippen molar-refractivity contribution in [2.45, 2.75) is 25.7 Å². The predicted octanol–water partition coefficient (Wildman–Crippen LogP) is 2.32. The number of hydrogen-bond acceptors (Lipinski definition) is 5. The summed E-state index contributed by atoms with van der Waals surface area (Å²) >= 11 is 0.841. The minimum absolute atomic E-state index is 0.130. The van der Waals surface area contributed by atoms with Crippen molar-refractivity contribution in [2.75, 3.05) is 19.6 Å². The molecule has 1 aromatic heterocycles. The van der Waals surface area contributed by atoms with E-state index in [1.54, 1.807) is 35.7 Å². The standard InChI is InChI=1S/C21H24N4O4S/c1-22-15-8-7-14(11-16(15)23(2)20(22)28)12-17-19(27)25(21(29)30-17)13-18(26)24-9-5-3-4-6-10-24/h7-8,11-12H,3-6,9-10,13H2,1-2H3/b17-12+. The Kier molecular flexibility index (Phi) is 5.55. The summed E-state index contributed by atoms with van der Waals surface area (Å²) < 4.78 is 3.10. The third kappa shape index (κ3) is 3.69. The first-order valence-electron chi connectivity index (χ1n) is 10.1. The second-order valence-electron chi connectivity index (χ2n) is 7.71. The number of nitrogens with zero attached hydrogens (tertiary/aromatic N) is 4. The van der Waals surface area contributed by atoms with Gasteiger partial charge < -0.3 is 4.90 Å². The summed E-state index contributed by atoms with van der Waals surface area (Å²) in [6.45, 7) is 1.15. The van der Waals surface area contributed by atoms with E-state index in [4.69, 9.17) is 0 Å². The number of imide groups is 1. The number of amides is 3. The zero-order chi connectivity index (χ0) is 21.4. The zero-order valence-electron chi connectivity index (χ0n) is 17.1. The SMILES string of the molecule is Cn1c(=O)n(C)c2cc(/C=C3/SC(=O)N(CC(=O)N4CCCCCC4)C3=O)ccc21. The van der Waals surface area contributed by atoms with Gasteiger partial charge in [0.2, 0.25) is 5.91 Å². The molecule has 8 nitrogen and oxygen atoms in total. The Labute approximate surface area is 178 Å².